The summed E-state index contributed by atoms with van der Waals surface area (Å²) in [5.74, 6) is 0.0546. The van der Waals surface area contributed by atoms with Crippen LogP contribution < -0.4 is 4.74 Å². The van der Waals surface area contributed by atoms with Gasteiger partial charge in [-0.2, -0.15) is 0 Å². The van der Waals surface area contributed by atoms with E-state index < -0.39 is 0 Å². The number of nitrogens with zero attached hydrogens (tertiary/aromatic N) is 2. The maximum Gasteiger partial charge on any atom is 0.234 e. The molecule has 3 aromatic rings. The van der Waals surface area contributed by atoms with Crippen molar-refractivity contribution < 1.29 is 24.2 Å². The lowest BCUT2D eigenvalue weighted by Gasteiger charge is -2.36. The summed E-state index contributed by atoms with van der Waals surface area (Å²) in [4.78, 5) is 32.5. The number of carbonyl (C=O) groups is 2. The fraction of sp³-hybridized carbons (Fsp3) is 0.429. The third-order valence-corrected chi connectivity index (χ3v) is 12.0. The van der Waals surface area contributed by atoms with Crippen molar-refractivity contribution in [3.63, 3.8) is 0 Å². The average Bonchev–Trinajstić information content (AvgIpc) is 3.67. The fourth-order valence-electron chi connectivity index (χ4n) is 8.85. The minimum absolute atomic E-state index is 0.0241. The first-order valence-electron chi connectivity index (χ1n) is 18.1. The predicted octanol–water partition coefficient (Wildman–Crippen LogP) is 8.11. The lowest BCUT2D eigenvalue weighted by Crippen LogP contribution is -2.47. The molecule has 0 unspecified atom stereocenters. The van der Waals surface area contributed by atoms with Crippen LogP contribution in [0.15, 0.2) is 83.9 Å². The third-order valence-electron chi connectivity index (χ3n) is 11.2. The molecule has 1 aliphatic carbocycles. The number of phenolic OH excluding ortho intramolecular Hbond substituents is 1. The summed E-state index contributed by atoms with van der Waals surface area (Å²) in [7, 11) is 1.57. The number of imide groups is 1. The van der Waals surface area contributed by atoms with Gasteiger partial charge in [-0.25, -0.2) is 0 Å². The Kier molecular flexibility index (Phi) is 10.8. The molecule has 3 heterocycles. The molecule has 4 atom stereocenters. The second-order valence-electron chi connectivity index (χ2n) is 14.2. The van der Waals surface area contributed by atoms with E-state index in [1.807, 2.05) is 24.3 Å². The number of halogens is 1. The van der Waals surface area contributed by atoms with E-state index in [2.05, 4.69) is 89.0 Å². The smallest absolute Gasteiger partial charge is 0.234 e. The molecule has 0 aromatic heterocycles. The first-order valence-corrected chi connectivity index (χ1v) is 19.2. The van der Waals surface area contributed by atoms with Crippen LogP contribution in [-0.2, 0) is 20.9 Å². The van der Waals surface area contributed by atoms with Crippen LogP contribution in [0.2, 0.25) is 0 Å². The molecule has 2 amide bonds. The second kappa shape index (κ2) is 15.4. The van der Waals surface area contributed by atoms with Crippen molar-refractivity contribution in [3.8, 4) is 11.5 Å². The van der Waals surface area contributed by atoms with Crippen molar-refractivity contribution in [1.82, 2.24) is 9.80 Å². The molecule has 0 bridgehead atoms. The van der Waals surface area contributed by atoms with Crippen LogP contribution in [-0.4, -0.2) is 65.7 Å². The third kappa shape index (κ3) is 7.03. The van der Waals surface area contributed by atoms with Crippen molar-refractivity contribution in [2.45, 2.75) is 70.6 Å². The zero-order chi connectivity index (χ0) is 34.8. The van der Waals surface area contributed by atoms with Gasteiger partial charge < -0.3 is 14.6 Å². The molecule has 3 fully saturated rings. The van der Waals surface area contributed by atoms with Gasteiger partial charge in [-0.1, -0.05) is 85.7 Å². The van der Waals surface area contributed by atoms with Gasteiger partial charge in [0.05, 0.1) is 35.2 Å². The van der Waals surface area contributed by atoms with E-state index in [0.717, 1.165) is 72.9 Å². The second-order valence-corrected chi connectivity index (χ2v) is 15.4. The molecule has 8 heteroatoms. The topological polar surface area (TPSA) is 79.3 Å². The van der Waals surface area contributed by atoms with Gasteiger partial charge in [0.15, 0.2) is 11.5 Å². The van der Waals surface area contributed by atoms with Crippen LogP contribution >= 0.6 is 22.6 Å². The van der Waals surface area contributed by atoms with E-state index in [0.29, 0.717) is 18.8 Å². The summed E-state index contributed by atoms with van der Waals surface area (Å²) in [6, 6.07) is 24.7. The molecular formula is C42H47IN2O5. The molecule has 262 valence electrons. The van der Waals surface area contributed by atoms with Crippen LogP contribution in [0.4, 0.5) is 0 Å². The largest absolute Gasteiger partial charge is 0.504 e. The first kappa shape index (κ1) is 35.0. The number of fused-ring (bicyclic) bond motifs is 3. The number of aromatic hydroxyl groups is 1. The van der Waals surface area contributed by atoms with Gasteiger partial charge in [0.25, 0.3) is 0 Å². The van der Waals surface area contributed by atoms with Crippen molar-refractivity contribution in [1.29, 1.82) is 0 Å². The fourth-order valence-corrected chi connectivity index (χ4v) is 9.47. The number of phenols is 1. The van der Waals surface area contributed by atoms with E-state index in [-0.39, 0.29) is 47.5 Å². The van der Waals surface area contributed by atoms with Crippen LogP contribution in [0.3, 0.4) is 0 Å². The highest BCUT2D eigenvalue weighted by Gasteiger charge is 2.58. The Morgan fingerprint density at radius 1 is 1.00 bits per heavy atom. The number of carbonyl (C=O) groups excluding carboxylic acids is 2. The normalized spacial score (nSPS) is 24.5. The van der Waals surface area contributed by atoms with E-state index in [1.54, 1.807) is 12.0 Å². The van der Waals surface area contributed by atoms with E-state index in [4.69, 9.17) is 9.47 Å². The lowest BCUT2D eigenvalue weighted by atomic mass is 9.68. The summed E-state index contributed by atoms with van der Waals surface area (Å²) >= 11 is 2.14. The zero-order valence-electron chi connectivity index (χ0n) is 29.0. The summed E-state index contributed by atoms with van der Waals surface area (Å²) in [5, 5.41) is 10.4. The Morgan fingerprint density at radius 2 is 1.72 bits per heavy atom. The van der Waals surface area contributed by atoms with Crippen molar-refractivity contribution >= 4 is 46.1 Å². The molecule has 7 rings (SSSR count). The Bertz CT molecular complexity index is 1770. The number of benzene rings is 3. The number of likely N-dealkylation sites (tertiary alicyclic amines) is 2. The van der Waals surface area contributed by atoms with Crippen LogP contribution in [0.25, 0.3) is 11.6 Å². The van der Waals surface area contributed by atoms with E-state index in [1.165, 1.54) is 22.3 Å². The van der Waals surface area contributed by atoms with Gasteiger partial charge in [0.2, 0.25) is 11.8 Å². The summed E-state index contributed by atoms with van der Waals surface area (Å²) < 4.78 is 12.8. The van der Waals surface area contributed by atoms with Crippen LogP contribution in [0, 0.1) is 21.3 Å². The molecule has 3 aliphatic heterocycles. The predicted molar refractivity (Wildman–Crippen MR) is 204 cm³/mol. The number of amides is 2. The molecule has 0 saturated carbocycles. The molecule has 3 saturated heterocycles. The minimum Gasteiger partial charge on any atom is -0.504 e. The van der Waals surface area contributed by atoms with Gasteiger partial charge in [0, 0.05) is 31.6 Å². The van der Waals surface area contributed by atoms with E-state index >= 15 is 0 Å². The Balaban J connectivity index is 1.08. The summed E-state index contributed by atoms with van der Waals surface area (Å²) in [5.41, 5.74) is 7.19. The molecule has 50 heavy (non-hydrogen) atoms. The highest BCUT2D eigenvalue weighted by molar-refractivity contribution is 14.1. The Labute approximate surface area is 309 Å². The average molecular weight is 787 g/mol. The van der Waals surface area contributed by atoms with Crippen LogP contribution in [0.1, 0.15) is 68.6 Å². The van der Waals surface area contributed by atoms with Crippen molar-refractivity contribution in [2.75, 3.05) is 26.8 Å². The number of piperidine rings is 1. The van der Waals surface area contributed by atoms with Gasteiger partial charge in [-0.15, -0.1) is 0 Å². The zero-order valence-corrected chi connectivity index (χ0v) is 31.2. The lowest BCUT2D eigenvalue weighted by molar-refractivity contribution is -0.144. The molecule has 0 radical (unpaired) electrons. The highest BCUT2D eigenvalue weighted by atomic mass is 127. The highest BCUT2D eigenvalue weighted by Crippen LogP contribution is 2.51. The maximum absolute atomic E-state index is 14.3. The van der Waals surface area contributed by atoms with Gasteiger partial charge in [-0.3, -0.25) is 19.4 Å². The Hall–Kier alpha value is -3.47. The van der Waals surface area contributed by atoms with E-state index in [9.17, 15) is 14.7 Å². The van der Waals surface area contributed by atoms with Gasteiger partial charge in [0.1, 0.15) is 0 Å². The molecule has 0 spiro atoms. The standard InChI is InChI=1S/C42H47IN2O5/c1-3-10-31-24-33-39(42(48)45(41(33)47)32-17-19-44(20-18-32)25-27-11-6-4-7-12-27)34-26-50-36(38(31)34)16-15-30(29-13-8-5-9-14-29)21-28-22-35(43)40(46)37(23-28)49-2/h4-9,11-14,21-23,32-34,36,39,46H,3,10,15-20,24-26H2,1-2H3/b30-21-/t33-,34+,36-,39-/m1/s1. The molecule has 1 N–H and O–H groups in total. The Morgan fingerprint density at radius 3 is 2.42 bits per heavy atom. The van der Waals surface area contributed by atoms with Crippen molar-refractivity contribution in [2.24, 2.45) is 17.8 Å². The first-order chi connectivity index (χ1) is 24.4. The number of hydrogen-bond acceptors (Lipinski definition) is 6. The monoisotopic (exact) mass is 786 g/mol. The summed E-state index contributed by atoms with van der Waals surface area (Å²) in [6.45, 7) is 5.37. The number of allylic oxidation sites excluding steroid dienone is 2. The number of hydrogen-bond donors (Lipinski definition) is 1. The maximum atomic E-state index is 14.3. The number of ether oxygens (including phenoxy) is 2. The quantitative estimate of drug-likeness (QED) is 0.0917. The number of rotatable bonds is 11. The molecular weight excluding hydrogens is 739 g/mol. The molecule has 3 aromatic carbocycles. The summed E-state index contributed by atoms with van der Waals surface area (Å²) in [6.07, 6.45) is 7.92. The van der Waals surface area contributed by atoms with Crippen LogP contribution in [0.5, 0.6) is 11.5 Å². The van der Waals surface area contributed by atoms with Crippen molar-refractivity contribution in [3.05, 3.63) is 104 Å². The minimum atomic E-state index is -0.318. The van der Waals surface area contributed by atoms with Gasteiger partial charge in [-0.05, 0) is 101 Å². The molecule has 7 nitrogen and oxygen atoms in total. The van der Waals surface area contributed by atoms with Gasteiger partial charge >= 0.3 is 0 Å². The SMILES string of the molecule is CCCC1=C2[C@@H](CC/C(=C/c3cc(I)c(O)c(OC)c3)c3ccccc3)OC[C@@H]2[C@@H]2C(=O)N(C3CCN(Cc4ccccc4)CC3)C(=O)[C@@H]2C1. The molecule has 4 aliphatic rings. The number of methoxy groups -OCH3 is 1.